The van der Waals surface area contributed by atoms with Crippen molar-refractivity contribution in [1.29, 1.82) is 0 Å². The molecule has 0 bridgehead atoms. The van der Waals surface area contributed by atoms with Crippen LogP contribution >= 0.6 is 0 Å². The summed E-state index contributed by atoms with van der Waals surface area (Å²) in [5, 5.41) is 2.28. The van der Waals surface area contributed by atoms with Crippen molar-refractivity contribution in [2.75, 3.05) is 4.90 Å². The van der Waals surface area contributed by atoms with Gasteiger partial charge in [0.2, 0.25) is 0 Å². The maximum atomic E-state index is 6.17. The van der Waals surface area contributed by atoms with Gasteiger partial charge in [-0.3, -0.25) is 0 Å². The van der Waals surface area contributed by atoms with Gasteiger partial charge in [0.1, 0.15) is 11.2 Å². The molecule has 2 nitrogen and oxygen atoms in total. The third-order valence-electron chi connectivity index (χ3n) is 14.0. The second-order valence-electron chi connectivity index (χ2n) is 18.3. The number of fused-ring (bicyclic) bond motifs is 9. The fourth-order valence-electron chi connectivity index (χ4n) is 10.6. The number of hydrogen-bond acceptors (Lipinski definition) is 2. The van der Waals surface area contributed by atoms with Gasteiger partial charge < -0.3 is 9.32 Å². The molecule has 0 radical (unpaired) electrons. The van der Waals surface area contributed by atoms with Crippen LogP contribution in [0.4, 0.5) is 17.1 Å². The Morgan fingerprint density at radius 3 is 1.98 bits per heavy atom. The summed E-state index contributed by atoms with van der Waals surface area (Å²) in [4.78, 5) is 2.45. The number of benzene rings is 8. The second kappa shape index (κ2) is 14.7. The third-order valence-corrected chi connectivity index (χ3v) is 14.0. The van der Waals surface area contributed by atoms with E-state index in [-0.39, 0.29) is 10.8 Å². The van der Waals surface area contributed by atoms with E-state index in [0.29, 0.717) is 0 Å². The predicted octanol–water partition coefficient (Wildman–Crippen LogP) is 17.4. The lowest BCUT2D eigenvalue weighted by Crippen LogP contribution is -2.17. The molecular formula is C61H51NO. The first-order chi connectivity index (χ1) is 30.7. The molecule has 11 rings (SSSR count). The summed E-state index contributed by atoms with van der Waals surface area (Å²) < 4.78 is 6.17. The van der Waals surface area contributed by atoms with Crippen LogP contribution in [-0.2, 0) is 10.8 Å². The van der Waals surface area contributed by atoms with Crippen LogP contribution in [0.2, 0.25) is 0 Å². The molecule has 0 N–H and O–H groups in total. The lowest BCUT2D eigenvalue weighted by atomic mass is 9.79. The number of furan rings is 1. The first kappa shape index (κ1) is 38.7. The van der Waals surface area contributed by atoms with E-state index < -0.39 is 0 Å². The van der Waals surface area contributed by atoms with Crippen LogP contribution in [-0.4, -0.2) is 0 Å². The van der Waals surface area contributed by atoms with Crippen LogP contribution in [0.5, 0.6) is 0 Å². The van der Waals surface area contributed by atoms with E-state index in [1.165, 1.54) is 66.8 Å². The average Bonchev–Trinajstić information content (AvgIpc) is 3.88. The van der Waals surface area contributed by atoms with E-state index in [1.807, 2.05) is 12.1 Å². The fraction of sp³-hybridized carbons (Fsp3) is 0.148. The molecule has 8 aromatic carbocycles. The zero-order valence-electron chi connectivity index (χ0n) is 37.0. The van der Waals surface area contributed by atoms with Crippen molar-refractivity contribution in [2.24, 2.45) is 0 Å². The predicted molar refractivity (Wildman–Crippen MR) is 267 cm³/mol. The molecule has 0 saturated heterocycles. The summed E-state index contributed by atoms with van der Waals surface area (Å²) in [6.45, 7) is 14.0. The molecule has 2 aliphatic rings. The van der Waals surface area contributed by atoms with Gasteiger partial charge >= 0.3 is 0 Å². The van der Waals surface area contributed by atoms with Gasteiger partial charge in [-0.2, -0.15) is 0 Å². The number of anilines is 3. The Hall–Kier alpha value is -7.16. The van der Waals surface area contributed by atoms with Crippen molar-refractivity contribution in [3.8, 4) is 44.5 Å². The Labute approximate surface area is 371 Å². The SMILES string of the molecule is C/C=C(\C=C/CC)c1cccc2c1-c1cc3c(cc1C2(C)C)-c1ccc(N(c2ccc(-c4ccc5oc6ccccc6c5c4)cc2)c2ccccc2-c2ccccc2)cc1C3(C)C. The molecule has 0 atom stereocenters. The van der Waals surface area contributed by atoms with Crippen molar-refractivity contribution in [3.63, 3.8) is 0 Å². The molecule has 63 heavy (non-hydrogen) atoms. The van der Waals surface area contributed by atoms with Crippen LogP contribution in [0.25, 0.3) is 72.0 Å². The first-order valence-electron chi connectivity index (χ1n) is 22.4. The Balaban J connectivity index is 1.04. The highest BCUT2D eigenvalue weighted by Crippen LogP contribution is 2.58. The Bertz CT molecular complexity index is 3320. The number of hydrogen-bond donors (Lipinski definition) is 0. The lowest BCUT2D eigenvalue weighted by molar-refractivity contribution is 0.652. The van der Waals surface area contributed by atoms with E-state index in [0.717, 1.165) is 56.5 Å². The van der Waals surface area contributed by atoms with E-state index in [4.69, 9.17) is 4.42 Å². The highest BCUT2D eigenvalue weighted by molar-refractivity contribution is 6.06. The summed E-state index contributed by atoms with van der Waals surface area (Å²) in [5.41, 5.74) is 23.1. The molecule has 0 unspecified atom stereocenters. The van der Waals surface area contributed by atoms with Crippen LogP contribution in [0.3, 0.4) is 0 Å². The molecular weight excluding hydrogens is 763 g/mol. The monoisotopic (exact) mass is 813 g/mol. The zero-order valence-corrected chi connectivity index (χ0v) is 37.0. The summed E-state index contributed by atoms with van der Waals surface area (Å²) in [5.74, 6) is 0. The van der Waals surface area contributed by atoms with Crippen LogP contribution in [0.1, 0.15) is 75.8 Å². The number of para-hydroxylation sites is 2. The van der Waals surface area contributed by atoms with Gasteiger partial charge in [-0.05, 0) is 146 Å². The molecule has 2 heteroatoms. The third kappa shape index (κ3) is 6.07. The summed E-state index contributed by atoms with van der Waals surface area (Å²) in [6.07, 6.45) is 7.84. The number of allylic oxidation sites excluding steroid dienone is 4. The van der Waals surface area contributed by atoms with Crippen molar-refractivity contribution in [1.82, 2.24) is 0 Å². The largest absolute Gasteiger partial charge is 0.456 e. The molecule has 2 aliphatic carbocycles. The van der Waals surface area contributed by atoms with Gasteiger partial charge in [0, 0.05) is 38.5 Å². The Morgan fingerprint density at radius 1 is 0.508 bits per heavy atom. The van der Waals surface area contributed by atoms with Crippen molar-refractivity contribution in [3.05, 3.63) is 216 Å². The van der Waals surface area contributed by atoms with E-state index in [1.54, 1.807) is 0 Å². The number of rotatable bonds is 8. The normalized spacial score (nSPS) is 14.5. The Kier molecular flexibility index (Phi) is 9.07. The molecule has 0 aliphatic heterocycles. The van der Waals surface area contributed by atoms with Gasteiger partial charge in [-0.1, -0.05) is 162 Å². The molecule has 1 heterocycles. The smallest absolute Gasteiger partial charge is 0.135 e. The Morgan fingerprint density at radius 2 is 1.17 bits per heavy atom. The van der Waals surface area contributed by atoms with Gasteiger partial charge in [-0.15, -0.1) is 0 Å². The maximum absolute atomic E-state index is 6.17. The average molecular weight is 814 g/mol. The zero-order chi connectivity index (χ0) is 43.0. The minimum Gasteiger partial charge on any atom is -0.456 e. The minimum atomic E-state index is -0.229. The van der Waals surface area contributed by atoms with Gasteiger partial charge in [0.25, 0.3) is 0 Å². The molecule has 0 amide bonds. The second-order valence-corrected chi connectivity index (χ2v) is 18.3. The van der Waals surface area contributed by atoms with Gasteiger partial charge in [0.05, 0.1) is 5.69 Å². The van der Waals surface area contributed by atoms with E-state index in [9.17, 15) is 0 Å². The van der Waals surface area contributed by atoms with Gasteiger partial charge in [0.15, 0.2) is 0 Å². The minimum absolute atomic E-state index is 0.127. The van der Waals surface area contributed by atoms with Crippen molar-refractivity contribution < 1.29 is 4.42 Å². The standard InChI is InChI=1S/C61H51NO/c1-7-9-18-39(8-2)46-23-17-24-52-59(46)51-38-54-49(37-55(51)60(52,3)4)47-33-32-44(36-53(47)61(54,5)6)62(56-25-15-13-21-45(56)41-19-11-10-12-20-41)43-30-27-40(28-31-43)42-29-34-58-50(35-42)48-22-14-16-26-57(48)63-58/h8-38H,7H2,1-6H3/b18-9-,39-8+. The van der Waals surface area contributed by atoms with Gasteiger partial charge in [-0.25, -0.2) is 0 Å². The summed E-state index contributed by atoms with van der Waals surface area (Å²) >= 11 is 0. The number of nitrogens with zero attached hydrogens (tertiary/aromatic N) is 1. The van der Waals surface area contributed by atoms with E-state index >= 15 is 0 Å². The molecule has 0 saturated carbocycles. The van der Waals surface area contributed by atoms with Crippen molar-refractivity contribution >= 4 is 44.6 Å². The van der Waals surface area contributed by atoms with Crippen molar-refractivity contribution in [2.45, 2.75) is 58.8 Å². The quantitative estimate of drug-likeness (QED) is 0.142. The highest BCUT2D eigenvalue weighted by Gasteiger charge is 2.42. The molecule has 1 aromatic heterocycles. The maximum Gasteiger partial charge on any atom is 0.135 e. The van der Waals surface area contributed by atoms with Crippen LogP contribution in [0.15, 0.2) is 193 Å². The molecule has 9 aromatic rings. The topological polar surface area (TPSA) is 16.4 Å². The highest BCUT2D eigenvalue weighted by atomic mass is 16.3. The fourth-order valence-corrected chi connectivity index (χ4v) is 10.6. The summed E-state index contributed by atoms with van der Waals surface area (Å²) in [7, 11) is 0. The summed E-state index contributed by atoms with van der Waals surface area (Å²) in [6, 6.07) is 62.6. The molecule has 306 valence electrons. The first-order valence-corrected chi connectivity index (χ1v) is 22.4. The van der Waals surface area contributed by atoms with E-state index in [2.05, 4.69) is 222 Å². The van der Waals surface area contributed by atoms with Crippen LogP contribution in [0, 0.1) is 0 Å². The molecule has 0 fully saturated rings. The lowest BCUT2D eigenvalue weighted by Gasteiger charge is -2.30. The van der Waals surface area contributed by atoms with Crippen LogP contribution < -0.4 is 4.90 Å². The molecule has 0 spiro atoms.